The second kappa shape index (κ2) is 19.6. The number of carbonyl (C=O) groups excluding carboxylic acids is 2. The third kappa shape index (κ3) is 14.8. The molecule has 0 N–H and O–H groups in total. The monoisotopic (exact) mass is 460 g/mol. The fourth-order valence-electron chi connectivity index (χ4n) is 3.75. The van der Waals surface area contributed by atoms with E-state index in [0.717, 1.165) is 25.7 Å². The molecule has 0 aliphatic rings. The summed E-state index contributed by atoms with van der Waals surface area (Å²) in [5, 5.41) is 0. The second-order valence-corrected chi connectivity index (χ2v) is 9.39. The summed E-state index contributed by atoms with van der Waals surface area (Å²) in [4.78, 5) is 24.3. The van der Waals surface area contributed by atoms with E-state index in [9.17, 15) is 9.59 Å². The zero-order chi connectivity index (χ0) is 24.2. The van der Waals surface area contributed by atoms with Crippen molar-refractivity contribution in [2.75, 3.05) is 13.2 Å². The first kappa shape index (κ1) is 29.2. The maximum absolute atomic E-state index is 12.2. The Morgan fingerprint density at radius 2 is 1.03 bits per heavy atom. The molecule has 4 heteroatoms. The van der Waals surface area contributed by atoms with Crippen LogP contribution in [0, 0.1) is 5.92 Å². The van der Waals surface area contributed by atoms with Gasteiger partial charge in [0.1, 0.15) is 0 Å². The summed E-state index contributed by atoms with van der Waals surface area (Å²) >= 11 is 0. The molecule has 0 spiro atoms. The van der Waals surface area contributed by atoms with Crippen LogP contribution < -0.4 is 0 Å². The van der Waals surface area contributed by atoms with E-state index in [1.807, 2.05) is 0 Å². The quantitative estimate of drug-likeness (QED) is 0.144. The molecule has 1 aromatic carbocycles. The van der Waals surface area contributed by atoms with Gasteiger partial charge in [-0.1, -0.05) is 104 Å². The molecular formula is C29H48O4. The maximum Gasteiger partial charge on any atom is 0.338 e. The van der Waals surface area contributed by atoms with Crippen molar-refractivity contribution in [1.29, 1.82) is 0 Å². The molecule has 0 bridgehead atoms. The molecule has 1 atom stereocenters. The smallest absolute Gasteiger partial charge is 0.338 e. The van der Waals surface area contributed by atoms with Crippen LogP contribution in [-0.4, -0.2) is 25.2 Å². The van der Waals surface area contributed by atoms with Gasteiger partial charge in [0.05, 0.1) is 24.3 Å². The summed E-state index contributed by atoms with van der Waals surface area (Å²) < 4.78 is 10.7. The van der Waals surface area contributed by atoms with Gasteiger partial charge in [-0.05, 0) is 43.0 Å². The van der Waals surface area contributed by atoms with Crippen molar-refractivity contribution >= 4 is 11.9 Å². The lowest BCUT2D eigenvalue weighted by atomic mass is 10.0. The summed E-state index contributed by atoms with van der Waals surface area (Å²) in [6, 6.07) is 6.54. The van der Waals surface area contributed by atoms with Gasteiger partial charge in [-0.15, -0.1) is 0 Å². The summed E-state index contributed by atoms with van der Waals surface area (Å²) in [7, 11) is 0. The molecule has 0 amide bonds. The second-order valence-electron chi connectivity index (χ2n) is 9.39. The van der Waals surface area contributed by atoms with Crippen molar-refractivity contribution in [3.63, 3.8) is 0 Å². The topological polar surface area (TPSA) is 52.6 Å². The number of rotatable bonds is 20. The Labute approximate surface area is 202 Å². The molecule has 1 rings (SSSR count). The molecule has 4 nitrogen and oxygen atoms in total. The molecule has 0 aliphatic heterocycles. The van der Waals surface area contributed by atoms with Gasteiger partial charge < -0.3 is 9.47 Å². The van der Waals surface area contributed by atoms with E-state index in [4.69, 9.17) is 9.47 Å². The van der Waals surface area contributed by atoms with Crippen molar-refractivity contribution < 1.29 is 19.1 Å². The zero-order valence-electron chi connectivity index (χ0n) is 21.5. The minimum absolute atomic E-state index is 0.328. The van der Waals surface area contributed by atoms with Gasteiger partial charge in [0.2, 0.25) is 0 Å². The lowest BCUT2D eigenvalue weighted by Crippen LogP contribution is -2.10. The first-order valence-corrected chi connectivity index (χ1v) is 13.5. The van der Waals surface area contributed by atoms with Gasteiger partial charge in [-0.2, -0.15) is 0 Å². The van der Waals surface area contributed by atoms with E-state index < -0.39 is 0 Å². The Hall–Kier alpha value is -1.84. The van der Waals surface area contributed by atoms with Crippen LogP contribution in [0.25, 0.3) is 0 Å². The van der Waals surface area contributed by atoms with Gasteiger partial charge in [-0.3, -0.25) is 0 Å². The average Bonchev–Trinajstić information content (AvgIpc) is 2.84. The number of benzene rings is 1. The summed E-state index contributed by atoms with van der Waals surface area (Å²) in [6.07, 6.45) is 18.8. The molecule has 0 aromatic heterocycles. The maximum atomic E-state index is 12.2. The van der Waals surface area contributed by atoms with Crippen molar-refractivity contribution in [2.24, 2.45) is 5.92 Å². The molecule has 33 heavy (non-hydrogen) atoms. The third-order valence-corrected chi connectivity index (χ3v) is 6.38. The van der Waals surface area contributed by atoms with Crippen LogP contribution in [-0.2, 0) is 9.47 Å². The molecule has 0 saturated carbocycles. The summed E-state index contributed by atoms with van der Waals surface area (Å²) in [5.41, 5.74) is 0.938. The molecule has 0 saturated heterocycles. The predicted octanol–water partition coefficient (Wildman–Crippen LogP) is 8.53. The number of esters is 2. The van der Waals surface area contributed by atoms with E-state index in [-0.39, 0.29) is 11.9 Å². The minimum Gasteiger partial charge on any atom is -0.462 e. The lowest BCUT2D eigenvalue weighted by Gasteiger charge is -2.09. The standard InChI is InChI=1S/C29H48O4/c1-4-6-7-8-9-10-11-12-13-14-15-16-17-23-32-28(30)26-18-20-27(21-19-26)29(31)33-24-22-25(3)5-2/h18-21,25H,4-17,22-24H2,1-3H3. The number of hydrogen-bond acceptors (Lipinski definition) is 4. The minimum atomic E-state index is -0.342. The van der Waals surface area contributed by atoms with Crippen LogP contribution in [0.15, 0.2) is 24.3 Å². The van der Waals surface area contributed by atoms with E-state index in [1.54, 1.807) is 24.3 Å². The van der Waals surface area contributed by atoms with Gasteiger partial charge in [0.15, 0.2) is 0 Å². The molecular weight excluding hydrogens is 412 g/mol. The molecule has 1 unspecified atom stereocenters. The van der Waals surface area contributed by atoms with E-state index in [1.165, 1.54) is 70.6 Å². The van der Waals surface area contributed by atoms with Gasteiger partial charge in [0.25, 0.3) is 0 Å². The number of hydrogen-bond donors (Lipinski definition) is 0. The van der Waals surface area contributed by atoms with Crippen molar-refractivity contribution in [1.82, 2.24) is 0 Å². The van der Waals surface area contributed by atoms with Gasteiger partial charge >= 0.3 is 11.9 Å². The summed E-state index contributed by atoms with van der Waals surface area (Å²) in [6.45, 7) is 7.42. The highest BCUT2D eigenvalue weighted by molar-refractivity contribution is 5.93. The largest absolute Gasteiger partial charge is 0.462 e. The number of carbonyl (C=O) groups is 2. The van der Waals surface area contributed by atoms with Crippen LogP contribution in [0.4, 0.5) is 0 Å². The number of unbranched alkanes of at least 4 members (excludes halogenated alkanes) is 12. The van der Waals surface area contributed by atoms with E-state index in [0.29, 0.717) is 30.3 Å². The molecule has 188 valence electrons. The Morgan fingerprint density at radius 1 is 0.636 bits per heavy atom. The number of ether oxygens (including phenoxy) is 2. The molecule has 0 fully saturated rings. The normalized spacial score (nSPS) is 11.8. The highest BCUT2D eigenvalue weighted by atomic mass is 16.5. The van der Waals surface area contributed by atoms with E-state index in [2.05, 4.69) is 20.8 Å². The summed E-state index contributed by atoms with van der Waals surface area (Å²) in [5.74, 6) is -0.124. The molecule has 0 aliphatic carbocycles. The van der Waals surface area contributed by atoms with Crippen molar-refractivity contribution in [3.05, 3.63) is 35.4 Å². The average molecular weight is 461 g/mol. The fraction of sp³-hybridized carbons (Fsp3) is 0.724. The molecule has 0 heterocycles. The third-order valence-electron chi connectivity index (χ3n) is 6.38. The van der Waals surface area contributed by atoms with Crippen molar-refractivity contribution in [2.45, 2.75) is 117 Å². The van der Waals surface area contributed by atoms with E-state index >= 15 is 0 Å². The first-order valence-electron chi connectivity index (χ1n) is 13.5. The van der Waals surface area contributed by atoms with Crippen molar-refractivity contribution in [3.8, 4) is 0 Å². The Kier molecular flexibility index (Phi) is 17.4. The zero-order valence-corrected chi connectivity index (χ0v) is 21.5. The highest BCUT2D eigenvalue weighted by Crippen LogP contribution is 2.13. The first-order chi connectivity index (χ1) is 16.1. The fourth-order valence-corrected chi connectivity index (χ4v) is 3.75. The van der Waals surface area contributed by atoms with Crippen LogP contribution in [0.1, 0.15) is 138 Å². The Balaban J connectivity index is 2.05. The predicted molar refractivity (Wildman–Crippen MR) is 137 cm³/mol. The SMILES string of the molecule is CCCCCCCCCCCCCCCOC(=O)c1ccc(C(=O)OCCC(C)CC)cc1. The van der Waals surface area contributed by atoms with Crippen LogP contribution >= 0.6 is 0 Å². The highest BCUT2D eigenvalue weighted by Gasteiger charge is 2.11. The lowest BCUT2D eigenvalue weighted by molar-refractivity contribution is 0.0475. The molecule has 0 radical (unpaired) electrons. The van der Waals surface area contributed by atoms with Crippen LogP contribution in [0.3, 0.4) is 0 Å². The van der Waals surface area contributed by atoms with Gasteiger partial charge in [-0.25, -0.2) is 9.59 Å². The Morgan fingerprint density at radius 3 is 1.45 bits per heavy atom. The van der Waals surface area contributed by atoms with Gasteiger partial charge in [0, 0.05) is 0 Å². The molecule has 1 aromatic rings. The van der Waals surface area contributed by atoms with Crippen LogP contribution in [0.2, 0.25) is 0 Å². The Bertz CT molecular complexity index is 623. The van der Waals surface area contributed by atoms with Crippen LogP contribution in [0.5, 0.6) is 0 Å².